The summed E-state index contributed by atoms with van der Waals surface area (Å²) in [5.41, 5.74) is 0.705. The van der Waals surface area contributed by atoms with E-state index >= 15 is 0 Å². The van der Waals surface area contributed by atoms with E-state index in [4.69, 9.17) is 4.74 Å². The summed E-state index contributed by atoms with van der Waals surface area (Å²) in [6.07, 6.45) is 10.6. The summed E-state index contributed by atoms with van der Waals surface area (Å²) in [6, 6.07) is 3.76. The minimum Gasteiger partial charge on any atom is -0.378 e. The van der Waals surface area contributed by atoms with Crippen molar-refractivity contribution in [1.82, 2.24) is 25.1 Å². The van der Waals surface area contributed by atoms with Crippen molar-refractivity contribution >= 4 is 5.91 Å². The van der Waals surface area contributed by atoms with Gasteiger partial charge < -0.3 is 10.1 Å². The number of ether oxygens (including phenoxy) is 1. The Labute approximate surface area is 146 Å². The summed E-state index contributed by atoms with van der Waals surface area (Å²) in [7, 11) is 0. The minimum atomic E-state index is -0.0659. The quantitative estimate of drug-likeness (QED) is 0.901. The zero-order valence-electron chi connectivity index (χ0n) is 14.4. The molecule has 2 saturated carbocycles. The predicted molar refractivity (Wildman–Crippen MR) is 91.3 cm³/mol. The lowest BCUT2D eigenvalue weighted by atomic mass is 9.60. The van der Waals surface area contributed by atoms with E-state index in [1.165, 1.54) is 19.2 Å². The van der Waals surface area contributed by atoms with Crippen molar-refractivity contribution < 1.29 is 9.53 Å². The van der Waals surface area contributed by atoms with Crippen molar-refractivity contribution in [2.45, 2.75) is 51.2 Å². The van der Waals surface area contributed by atoms with Gasteiger partial charge in [0.2, 0.25) is 0 Å². The molecule has 2 aliphatic rings. The van der Waals surface area contributed by atoms with Crippen molar-refractivity contribution in [3.8, 4) is 5.82 Å². The number of carbonyl (C=O) groups is 1. The van der Waals surface area contributed by atoms with Crippen LogP contribution >= 0.6 is 0 Å². The highest BCUT2D eigenvalue weighted by atomic mass is 16.5. The van der Waals surface area contributed by atoms with Gasteiger partial charge in [0.15, 0.2) is 5.82 Å². The fraction of sp³-hybridized carbons (Fsp3) is 0.556. The largest absolute Gasteiger partial charge is 0.378 e. The van der Waals surface area contributed by atoms with Gasteiger partial charge >= 0.3 is 0 Å². The number of pyridine rings is 1. The molecule has 7 nitrogen and oxygen atoms in total. The Morgan fingerprint density at radius 3 is 2.88 bits per heavy atom. The molecule has 25 heavy (non-hydrogen) atoms. The van der Waals surface area contributed by atoms with Crippen LogP contribution in [-0.4, -0.2) is 44.4 Å². The van der Waals surface area contributed by atoms with Crippen LogP contribution < -0.4 is 5.32 Å². The van der Waals surface area contributed by atoms with Gasteiger partial charge in [-0.2, -0.15) is 5.10 Å². The first-order valence-electron chi connectivity index (χ1n) is 8.96. The second kappa shape index (κ2) is 6.55. The van der Waals surface area contributed by atoms with Crippen LogP contribution in [0.3, 0.4) is 0 Å². The lowest BCUT2D eigenvalue weighted by Gasteiger charge is -2.54. The maximum atomic E-state index is 12.6. The lowest BCUT2D eigenvalue weighted by Crippen LogP contribution is -2.63. The van der Waals surface area contributed by atoms with E-state index in [9.17, 15) is 4.79 Å². The van der Waals surface area contributed by atoms with Gasteiger partial charge in [-0.25, -0.2) is 14.6 Å². The van der Waals surface area contributed by atoms with Crippen LogP contribution in [0, 0.1) is 5.41 Å². The van der Waals surface area contributed by atoms with Gasteiger partial charge in [-0.3, -0.25) is 4.79 Å². The third-order valence-corrected chi connectivity index (χ3v) is 5.66. The second-order valence-corrected chi connectivity index (χ2v) is 6.89. The van der Waals surface area contributed by atoms with Crippen LogP contribution in [0.2, 0.25) is 0 Å². The predicted octanol–water partition coefficient (Wildman–Crippen LogP) is 2.13. The molecule has 0 radical (unpaired) electrons. The number of nitrogens with zero attached hydrogens (tertiary/aromatic N) is 4. The maximum absolute atomic E-state index is 12.6. The van der Waals surface area contributed by atoms with Crippen molar-refractivity contribution in [1.29, 1.82) is 0 Å². The first-order chi connectivity index (χ1) is 12.2. The average molecular weight is 341 g/mol. The lowest BCUT2D eigenvalue weighted by molar-refractivity contribution is -0.127. The standard InChI is InChI=1S/C18H23N5O2/c1-2-25-15-9-14(18(15)7-3-4-8-18)22-17(24)13-5-6-16(20-10-13)23-12-19-11-21-23/h5-6,10-12,14-15H,2-4,7-9H2,1H3,(H,22,24)/t14-,15+/m1/s1. The Kier molecular flexibility index (Phi) is 4.25. The van der Waals surface area contributed by atoms with Crippen LogP contribution in [-0.2, 0) is 4.74 Å². The minimum absolute atomic E-state index is 0.0659. The highest BCUT2D eigenvalue weighted by Gasteiger charge is 2.57. The molecular formula is C18H23N5O2. The van der Waals surface area contributed by atoms with E-state index in [1.807, 2.05) is 6.92 Å². The molecule has 1 N–H and O–H groups in total. The van der Waals surface area contributed by atoms with Gasteiger partial charge in [-0.1, -0.05) is 12.8 Å². The topological polar surface area (TPSA) is 81.9 Å². The first kappa shape index (κ1) is 16.2. The van der Waals surface area contributed by atoms with Gasteiger partial charge in [0.1, 0.15) is 12.7 Å². The van der Waals surface area contributed by atoms with E-state index in [2.05, 4.69) is 20.4 Å². The monoisotopic (exact) mass is 341 g/mol. The Morgan fingerprint density at radius 2 is 2.24 bits per heavy atom. The third kappa shape index (κ3) is 2.82. The SMILES string of the molecule is CCO[C@H]1C[C@@H](NC(=O)c2ccc(-n3cncn3)nc2)C12CCCC2. The van der Waals surface area contributed by atoms with Crippen molar-refractivity contribution in [2.24, 2.45) is 5.41 Å². The molecule has 1 amide bonds. The first-order valence-corrected chi connectivity index (χ1v) is 8.96. The van der Waals surface area contributed by atoms with Gasteiger partial charge in [0.25, 0.3) is 5.91 Å². The molecule has 2 aromatic rings. The fourth-order valence-electron chi connectivity index (χ4n) is 4.31. The van der Waals surface area contributed by atoms with Gasteiger partial charge in [0, 0.05) is 24.3 Å². The number of hydrogen-bond acceptors (Lipinski definition) is 5. The normalized spacial score (nSPS) is 24.2. The zero-order chi connectivity index (χ0) is 17.3. The molecule has 0 saturated heterocycles. The third-order valence-electron chi connectivity index (χ3n) is 5.66. The molecule has 2 atom stereocenters. The highest BCUT2D eigenvalue weighted by Crippen LogP contribution is 2.54. The summed E-state index contributed by atoms with van der Waals surface area (Å²) >= 11 is 0. The van der Waals surface area contributed by atoms with Gasteiger partial charge in [0.05, 0.1) is 11.7 Å². The van der Waals surface area contributed by atoms with Crippen molar-refractivity contribution in [2.75, 3.05) is 6.61 Å². The number of carbonyl (C=O) groups excluding carboxylic acids is 1. The summed E-state index contributed by atoms with van der Waals surface area (Å²) in [5, 5.41) is 7.25. The highest BCUT2D eigenvalue weighted by molar-refractivity contribution is 5.94. The van der Waals surface area contributed by atoms with E-state index < -0.39 is 0 Å². The number of rotatable bonds is 5. The maximum Gasteiger partial charge on any atom is 0.253 e. The molecule has 132 valence electrons. The second-order valence-electron chi connectivity index (χ2n) is 6.89. The van der Waals surface area contributed by atoms with Crippen LogP contribution in [0.5, 0.6) is 0 Å². The molecule has 2 fully saturated rings. The van der Waals surface area contributed by atoms with Gasteiger partial charge in [-0.05, 0) is 38.3 Å². The summed E-state index contributed by atoms with van der Waals surface area (Å²) in [5.74, 6) is 0.574. The molecule has 0 aliphatic heterocycles. The van der Waals surface area contributed by atoms with Crippen LogP contribution in [0.15, 0.2) is 31.0 Å². The van der Waals surface area contributed by atoms with E-state index in [0.29, 0.717) is 11.4 Å². The number of nitrogens with one attached hydrogen (secondary N) is 1. The van der Waals surface area contributed by atoms with Crippen molar-refractivity contribution in [3.05, 3.63) is 36.5 Å². The van der Waals surface area contributed by atoms with Crippen LogP contribution in [0.1, 0.15) is 49.4 Å². The average Bonchev–Trinajstić information content (AvgIpc) is 3.33. The van der Waals surface area contributed by atoms with E-state index in [-0.39, 0.29) is 23.5 Å². The molecule has 4 rings (SSSR count). The molecule has 0 unspecified atom stereocenters. The molecule has 2 aromatic heterocycles. The Hall–Kier alpha value is -2.28. The Morgan fingerprint density at radius 1 is 1.40 bits per heavy atom. The molecule has 2 aliphatic carbocycles. The van der Waals surface area contributed by atoms with Crippen LogP contribution in [0.4, 0.5) is 0 Å². The zero-order valence-corrected chi connectivity index (χ0v) is 14.4. The molecule has 2 heterocycles. The molecule has 7 heteroatoms. The smallest absolute Gasteiger partial charge is 0.253 e. The number of aromatic nitrogens is 4. The molecule has 0 bridgehead atoms. The van der Waals surface area contributed by atoms with Crippen LogP contribution in [0.25, 0.3) is 5.82 Å². The Balaban J connectivity index is 1.43. The summed E-state index contributed by atoms with van der Waals surface area (Å²) < 4.78 is 7.47. The van der Waals surface area contributed by atoms with Crippen molar-refractivity contribution in [3.63, 3.8) is 0 Å². The number of amides is 1. The molecule has 1 spiro atoms. The summed E-state index contributed by atoms with van der Waals surface area (Å²) in [4.78, 5) is 20.8. The Bertz CT molecular complexity index is 722. The molecular weight excluding hydrogens is 318 g/mol. The van der Waals surface area contributed by atoms with E-state index in [0.717, 1.165) is 25.9 Å². The molecule has 0 aromatic carbocycles. The summed E-state index contributed by atoms with van der Waals surface area (Å²) in [6.45, 7) is 2.78. The fourth-order valence-corrected chi connectivity index (χ4v) is 4.31. The van der Waals surface area contributed by atoms with E-state index in [1.54, 1.807) is 29.3 Å². The van der Waals surface area contributed by atoms with Gasteiger partial charge in [-0.15, -0.1) is 0 Å². The number of hydrogen-bond donors (Lipinski definition) is 1.